The van der Waals surface area contributed by atoms with Crippen LogP contribution in [-0.4, -0.2) is 41.3 Å². The Morgan fingerprint density at radius 2 is 2.00 bits per heavy atom. The highest BCUT2D eigenvalue weighted by Crippen LogP contribution is 2.18. The largest absolute Gasteiger partial charge is 0.494 e. The Bertz CT molecular complexity index is 637. The topological polar surface area (TPSA) is 128 Å². The van der Waals surface area contributed by atoms with Gasteiger partial charge in [-0.05, 0) is 36.2 Å². The fourth-order valence-corrected chi connectivity index (χ4v) is 2.18. The van der Waals surface area contributed by atoms with Gasteiger partial charge in [-0.15, -0.1) is 0 Å². The molecule has 0 aliphatic rings. The molecule has 0 saturated heterocycles. The quantitative estimate of drug-likeness (QED) is 0.169. The van der Waals surface area contributed by atoms with Crippen LogP contribution in [0, 0.1) is 0 Å². The molecule has 0 N–H and O–H groups in total. The van der Waals surface area contributed by atoms with E-state index in [1.54, 1.807) is 0 Å². The highest BCUT2D eigenvalue weighted by atomic mass is 32.2. The highest BCUT2D eigenvalue weighted by Gasteiger charge is 2.17. The minimum atomic E-state index is -4.03. The number of azide groups is 1. The molecule has 0 aliphatic heterocycles. The van der Waals surface area contributed by atoms with Crippen LogP contribution in [0.4, 0.5) is 0 Å². The predicted octanol–water partition coefficient (Wildman–Crippen LogP) is 1.64. The van der Waals surface area contributed by atoms with Gasteiger partial charge in [0.15, 0.2) is 6.61 Å². The van der Waals surface area contributed by atoms with Gasteiger partial charge in [0.05, 0.1) is 18.6 Å². The van der Waals surface area contributed by atoms with Crippen molar-refractivity contribution in [1.82, 2.24) is 0 Å². The summed E-state index contributed by atoms with van der Waals surface area (Å²) >= 11 is 0. The molecule has 0 radical (unpaired) electrons. The minimum absolute atomic E-state index is 0.0992. The molecule has 0 aromatic heterocycles. The summed E-state index contributed by atoms with van der Waals surface area (Å²) in [5, 5.41) is 3.36. The number of carbonyl (C=O) groups excluding carboxylic acids is 1. The van der Waals surface area contributed by atoms with Gasteiger partial charge in [-0.3, -0.25) is 4.18 Å². The van der Waals surface area contributed by atoms with Gasteiger partial charge in [0, 0.05) is 11.5 Å². The zero-order valence-corrected chi connectivity index (χ0v) is 12.7. The first-order valence-electron chi connectivity index (χ1n) is 6.19. The Hall–Kier alpha value is -2.29. The van der Waals surface area contributed by atoms with Crippen molar-refractivity contribution in [3.8, 4) is 5.75 Å². The summed E-state index contributed by atoms with van der Waals surface area (Å²) in [6.45, 7) is -0.0230. The van der Waals surface area contributed by atoms with Gasteiger partial charge in [0.25, 0.3) is 10.1 Å². The number of ether oxygens (including phenoxy) is 2. The van der Waals surface area contributed by atoms with Crippen LogP contribution < -0.4 is 4.74 Å². The molecule has 0 heterocycles. The lowest BCUT2D eigenvalue weighted by Crippen LogP contribution is -2.15. The third-order valence-electron chi connectivity index (χ3n) is 2.41. The molecule has 0 fully saturated rings. The van der Waals surface area contributed by atoms with Crippen molar-refractivity contribution in [2.75, 3.05) is 26.9 Å². The first kappa shape index (κ1) is 17.8. The Balaban J connectivity index is 2.56. The molecular formula is C12H15N3O6S. The van der Waals surface area contributed by atoms with Crippen molar-refractivity contribution in [2.45, 2.75) is 11.3 Å². The predicted molar refractivity (Wildman–Crippen MR) is 75.7 cm³/mol. The van der Waals surface area contributed by atoms with Gasteiger partial charge < -0.3 is 9.47 Å². The molecule has 0 saturated carbocycles. The molecule has 1 rings (SSSR count). The number of carbonyl (C=O) groups is 1. The van der Waals surface area contributed by atoms with Gasteiger partial charge in [0.1, 0.15) is 5.75 Å². The van der Waals surface area contributed by atoms with Crippen molar-refractivity contribution < 1.29 is 26.9 Å². The standard InChI is InChI=1S/C12H15N3O6S/c1-19-12(16)9-21-22(17,18)11-5-3-10(4-6-11)20-8-2-7-14-15-13/h3-6H,2,7-9H2,1H3. The van der Waals surface area contributed by atoms with Crippen molar-refractivity contribution in [3.63, 3.8) is 0 Å². The van der Waals surface area contributed by atoms with E-state index in [1.165, 1.54) is 24.3 Å². The summed E-state index contributed by atoms with van der Waals surface area (Å²) in [7, 11) is -2.89. The van der Waals surface area contributed by atoms with Gasteiger partial charge in [0.2, 0.25) is 0 Å². The summed E-state index contributed by atoms with van der Waals surface area (Å²) in [5.74, 6) is -0.323. The second-order valence-electron chi connectivity index (χ2n) is 3.92. The number of methoxy groups -OCH3 is 1. The molecule has 120 valence electrons. The summed E-state index contributed by atoms with van der Waals surface area (Å²) in [6.07, 6.45) is 0.548. The Labute approximate surface area is 127 Å². The number of hydrogen-bond acceptors (Lipinski definition) is 7. The summed E-state index contributed by atoms with van der Waals surface area (Å²) in [6, 6.07) is 5.52. The van der Waals surface area contributed by atoms with Crippen LogP contribution in [0.5, 0.6) is 5.75 Å². The molecule has 0 amide bonds. The minimum Gasteiger partial charge on any atom is -0.494 e. The van der Waals surface area contributed by atoms with Gasteiger partial charge in [-0.2, -0.15) is 8.42 Å². The van der Waals surface area contributed by atoms with E-state index in [4.69, 9.17) is 10.3 Å². The van der Waals surface area contributed by atoms with Crippen molar-refractivity contribution in [3.05, 3.63) is 34.7 Å². The second-order valence-corrected chi connectivity index (χ2v) is 5.54. The number of benzene rings is 1. The number of nitrogens with zero attached hydrogens (tertiary/aromatic N) is 3. The lowest BCUT2D eigenvalue weighted by molar-refractivity contribution is -0.142. The zero-order valence-electron chi connectivity index (χ0n) is 11.8. The molecule has 1 aromatic rings. The molecule has 0 bridgehead atoms. The van der Waals surface area contributed by atoms with Crippen LogP contribution >= 0.6 is 0 Å². The lowest BCUT2D eigenvalue weighted by Gasteiger charge is -2.07. The van der Waals surface area contributed by atoms with Crippen LogP contribution in [0.2, 0.25) is 0 Å². The normalized spacial score (nSPS) is 10.6. The number of rotatable bonds is 9. The van der Waals surface area contributed by atoms with Crippen LogP contribution in [0.15, 0.2) is 34.3 Å². The fourth-order valence-electron chi connectivity index (χ4n) is 1.33. The van der Waals surface area contributed by atoms with E-state index >= 15 is 0 Å². The second kappa shape index (κ2) is 8.88. The average molecular weight is 329 g/mol. The Morgan fingerprint density at radius 1 is 1.32 bits per heavy atom. The van der Waals surface area contributed by atoms with E-state index in [1.807, 2.05) is 0 Å². The maximum Gasteiger partial charge on any atom is 0.333 e. The first-order chi connectivity index (χ1) is 10.5. The maximum absolute atomic E-state index is 11.8. The fraction of sp³-hybridized carbons (Fsp3) is 0.417. The van der Waals surface area contributed by atoms with Crippen molar-refractivity contribution >= 4 is 16.1 Å². The van der Waals surface area contributed by atoms with Gasteiger partial charge >= 0.3 is 5.97 Å². The number of esters is 1. The molecule has 9 nitrogen and oxygen atoms in total. The van der Waals surface area contributed by atoms with E-state index < -0.39 is 22.7 Å². The molecular weight excluding hydrogens is 314 g/mol. The SMILES string of the molecule is COC(=O)COS(=O)(=O)c1ccc(OCCCN=[N+]=[N-])cc1. The molecule has 0 spiro atoms. The zero-order chi connectivity index (χ0) is 16.4. The van der Waals surface area contributed by atoms with Crippen LogP contribution in [0.3, 0.4) is 0 Å². The number of hydrogen-bond donors (Lipinski definition) is 0. The van der Waals surface area contributed by atoms with E-state index in [9.17, 15) is 13.2 Å². The molecule has 0 aliphatic carbocycles. The Morgan fingerprint density at radius 3 is 2.59 bits per heavy atom. The van der Waals surface area contributed by atoms with Crippen molar-refractivity contribution in [1.29, 1.82) is 0 Å². The van der Waals surface area contributed by atoms with Crippen LogP contribution in [0.25, 0.3) is 10.4 Å². The summed E-state index contributed by atoms with van der Waals surface area (Å²) < 4.78 is 37.7. The van der Waals surface area contributed by atoms with Crippen LogP contribution in [-0.2, 0) is 23.8 Å². The van der Waals surface area contributed by atoms with Gasteiger partial charge in [-0.25, -0.2) is 4.79 Å². The smallest absolute Gasteiger partial charge is 0.333 e. The lowest BCUT2D eigenvalue weighted by atomic mass is 10.3. The third-order valence-corrected chi connectivity index (χ3v) is 3.68. The average Bonchev–Trinajstić information content (AvgIpc) is 2.53. The van der Waals surface area contributed by atoms with Gasteiger partial charge in [-0.1, -0.05) is 5.11 Å². The third kappa shape index (κ3) is 6.00. The van der Waals surface area contributed by atoms with E-state index in [2.05, 4.69) is 18.9 Å². The first-order valence-corrected chi connectivity index (χ1v) is 7.60. The summed E-state index contributed by atoms with van der Waals surface area (Å²) in [4.78, 5) is 13.4. The maximum atomic E-state index is 11.8. The van der Waals surface area contributed by atoms with Crippen LogP contribution in [0.1, 0.15) is 6.42 Å². The molecule has 0 unspecified atom stereocenters. The Kier molecular flexibility index (Phi) is 7.17. The highest BCUT2D eigenvalue weighted by molar-refractivity contribution is 7.86. The molecule has 0 atom stereocenters. The van der Waals surface area contributed by atoms with E-state index in [-0.39, 0.29) is 4.90 Å². The molecule has 1 aromatic carbocycles. The van der Waals surface area contributed by atoms with Crippen molar-refractivity contribution in [2.24, 2.45) is 5.11 Å². The van der Waals surface area contributed by atoms with E-state index in [0.717, 1.165) is 7.11 Å². The molecule has 10 heteroatoms. The monoisotopic (exact) mass is 329 g/mol. The molecule has 22 heavy (non-hydrogen) atoms. The van der Waals surface area contributed by atoms with E-state index in [0.29, 0.717) is 25.3 Å². The summed E-state index contributed by atoms with van der Waals surface area (Å²) in [5.41, 5.74) is 8.10.